The molecule has 0 amide bonds. The summed E-state index contributed by atoms with van der Waals surface area (Å²) in [6, 6.07) is 0.584. The SMILES string of the molecule is CC(C)CC(CNC(C)C)CC1CCC(C)(C)O1. The van der Waals surface area contributed by atoms with Gasteiger partial charge in [-0.1, -0.05) is 27.7 Å². The first kappa shape index (κ1) is 16.0. The molecule has 2 atom stereocenters. The van der Waals surface area contributed by atoms with Crippen LogP contribution < -0.4 is 5.32 Å². The highest BCUT2D eigenvalue weighted by atomic mass is 16.5. The molecule has 2 nitrogen and oxygen atoms in total. The van der Waals surface area contributed by atoms with Gasteiger partial charge in [0.15, 0.2) is 0 Å². The summed E-state index contributed by atoms with van der Waals surface area (Å²) >= 11 is 0. The lowest BCUT2D eigenvalue weighted by atomic mass is 9.90. The zero-order chi connectivity index (χ0) is 13.8. The number of nitrogens with one attached hydrogen (secondary N) is 1. The van der Waals surface area contributed by atoms with Gasteiger partial charge >= 0.3 is 0 Å². The molecule has 1 aliphatic rings. The second kappa shape index (κ2) is 6.91. The Labute approximate surface area is 114 Å². The second-order valence-electron chi connectivity index (χ2n) is 7.33. The molecule has 0 aromatic carbocycles. The molecular formula is C16H33NO. The van der Waals surface area contributed by atoms with Crippen LogP contribution in [0.2, 0.25) is 0 Å². The van der Waals surface area contributed by atoms with Gasteiger partial charge in [-0.3, -0.25) is 0 Å². The van der Waals surface area contributed by atoms with Gasteiger partial charge in [0.1, 0.15) is 0 Å². The molecule has 1 N–H and O–H groups in total. The van der Waals surface area contributed by atoms with Crippen LogP contribution >= 0.6 is 0 Å². The summed E-state index contributed by atoms with van der Waals surface area (Å²) in [6.07, 6.45) is 5.46. The van der Waals surface area contributed by atoms with Crippen LogP contribution in [-0.4, -0.2) is 24.3 Å². The van der Waals surface area contributed by atoms with Crippen molar-refractivity contribution in [2.45, 2.75) is 85.0 Å². The van der Waals surface area contributed by atoms with E-state index < -0.39 is 0 Å². The third-order valence-electron chi connectivity index (χ3n) is 3.77. The number of ether oxygens (including phenoxy) is 1. The first-order valence-electron chi connectivity index (χ1n) is 7.69. The van der Waals surface area contributed by atoms with Crippen LogP contribution in [0.3, 0.4) is 0 Å². The first-order valence-corrected chi connectivity index (χ1v) is 7.69. The van der Waals surface area contributed by atoms with Crippen molar-refractivity contribution in [2.24, 2.45) is 11.8 Å². The maximum absolute atomic E-state index is 6.14. The van der Waals surface area contributed by atoms with Gasteiger partial charge in [0.05, 0.1) is 11.7 Å². The smallest absolute Gasteiger partial charge is 0.0631 e. The minimum Gasteiger partial charge on any atom is -0.372 e. The van der Waals surface area contributed by atoms with Gasteiger partial charge in [0.2, 0.25) is 0 Å². The highest BCUT2D eigenvalue weighted by Gasteiger charge is 2.32. The molecule has 0 aromatic heterocycles. The molecule has 0 bridgehead atoms. The summed E-state index contributed by atoms with van der Waals surface area (Å²) in [5, 5.41) is 3.59. The molecule has 0 radical (unpaired) electrons. The van der Waals surface area contributed by atoms with E-state index in [9.17, 15) is 0 Å². The Morgan fingerprint density at radius 2 is 1.89 bits per heavy atom. The summed E-state index contributed by atoms with van der Waals surface area (Å²) < 4.78 is 6.14. The molecule has 0 saturated carbocycles. The highest BCUT2D eigenvalue weighted by Crippen LogP contribution is 2.33. The van der Waals surface area contributed by atoms with E-state index in [0.29, 0.717) is 12.1 Å². The molecule has 0 aliphatic carbocycles. The van der Waals surface area contributed by atoms with Crippen LogP contribution in [-0.2, 0) is 4.74 Å². The number of rotatable bonds is 7. The summed E-state index contributed by atoms with van der Waals surface area (Å²) in [4.78, 5) is 0. The predicted octanol–water partition coefficient (Wildman–Crippen LogP) is 3.99. The highest BCUT2D eigenvalue weighted by molar-refractivity contribution is 4.83. The van der Waals surface area contributed by atoms with Crippen LogP contribution in [0, 0.1) is 11.8 Å². The molecule has 0 aromatic rings. The zero-order valence-corrected chi connectivity index (χ0v) is 13.3. The van der Waals surface area contributed by atoms with Crippen molar-refractivity contribution in [1.29, 1.82) is 0 Å². The van der Waals surface area contributed by atoms with Crippen molar-refractivity contribution >= 4 is 0 Å². The lowest BCUT2D eigenvalue weighted by Crippen LogP contribution is -2.32. The minimum atomic E-state index is 0.110. The summed E-state index contributed by atoms with van der Waals surface area (Å²) in [5.74, 6) is 1.53. The third-order valence-corrected chi connectivity index (χ3v) is 3.77. The van der Waals surface area contributed by atoms with Crippen LogP contribution in [0.15, 0.2) is 0 Å². The molecule has 1 rings (SSSR count). The lowest BCUT2D eigenvalue weighted by molar-refractivity contribution is -0.0255. The Morgan fingerprint density at radius 1 is 1.22 bits per heavy atom. The fourth-order valence-electron chi connectivity index (χ4n) is 2.95. The Hall–Kier alpha value is -0.0800. The van der Waals surface area contributed by atoms with Crippen LogP contribution in [0.25, 0.3) is 0 Å². The lowest BCUT2D eigenvalue weighted by Gasteiger charge is -2.25. The largest absolute Gasteiger partial charge is 0.372 e. The van der Waals surface area contributed by atoms with E-state index in [0.717, 1.165) is 18.4 Å². The quantitative estimate of drug-likeness (QED) is 0.742. The van der Waals surface area contributed by atoms with Gasteiger partial charge in [-0.25, -0.2) is 0 Å². The summed E-state index contributed by atoms with van der Waals surface area (Å²) in [7, 11) is 0. The molecule has 1 fully saturated rings. The van der Waals surface area contributed by atoms with Crippen LogP contribution in [0.4, 0.5) is 0 Å². The third kappa shape index (κ3) is 6.19. The molecule has 0 spiro atoms. The molecule has 18 heavy (non-hydrogen) atoms. The average molecular weight is 255 g/mol. The van der Waals surface area contributed by atoms with Crippen molar-refractivity contribution < 1.29 is 4.74 Å². The van der Waals surface area contributed by atoms with Crippen molar-refractivity contribution in [3.8, 4) is 0 Å². The summed E-state index contributed by atoms with van der Waals surface area (Å²) in [6.45, 7) is 14.7. The standard InChI is InChI=1S/C16H33NO/c1-12(2)9-14(11-17-13(3)4)10-15-7-8-16(5,6)18-15/h12-15,17H,7-11H2,1-6H3. The number of hydrogen-bond donors (Lipinski definition) is 1. The fraction of sp³-hybridized carbons (Fsp3) is 1.00. The van der Waals surface area contributed by atoms with E-state index in [1.165, 1.54) is 25.7 Å². The monoisotopic (exact) mass is 255 g/mol. The molecule has 2 heteroatoms. The Balaban J connectivity index is 2.40. The Kier molecular flexibility index (Phi) is 6.13. The zero-order valence-electron chi connectivity index (χ0n) is 13.3. The van der Waals surface area contributed by atoms with Crippen molar-refractivity contribution in [3.05, 3.63) is 0 Å². The molecule has 1 aliphatic heterocycles. The molecular weight excluding hydrogens is 222 g/mol. The van der Waals surface area contributed by atoms with Gasteiger partial charge in [-0.05, 0) is 57.9 Å². The average Bonchev–Trinajstić information content (AvgIpc) is 2.53. The predicted molar refractivity (Wildman–Crippen MR) is 78.9 cm³/mol. The van der Waals surface area contributed by atoms with Gasteiger partial charge in [0.25, 0.3) is 0 Å². The maximum Gasteiger partial charge on any atom is 0.0631 e. The van der Waals surface area contributed by atoms with Crippen LogP contribution in [0.5, 0.6) is 0 Å². The van der Waals surface area contributed by atoms with E-state index in [4.69, 9.17) is 4.74 Å². The van der Waals surface area contributed by atoms with Gasteiger partial charge in [0, 0.05) is 6.04 Å². The van der Waals surface area contributed by atoms with Crippen molar-refractivity contribution in [2.75, 3.05) is 6.54 Å². The molecule has 108 valence electrons. The van der Waals surface area contributed by atoms with E-state index in [1.807, 2.05) is 0 Å². The van der Waals surface area contributed by atoms with E-state index >= 15 is 0 Å². The van der Waals surface area contributed by atoms with Crippen LogP contribution in [0.1, 0.15) is 67.2 Å². The first-order chi connectivity index (χ1) is 8.28. The minimum absolute atomic E-state index is 0.110. The Bertz CT molecular complexity index is 235. The Morgan fingerprint density at radius 3 is 2.33 bits per heavy atom. The van der Waals surface area contributed by atoms with Gasteiger partial charge in [-0.15, -0.1) is 0 Å². The number of hydrogen-bond acceptors (Lipinski definition) is 2. The van der Waals surface area contributed by atoms with E-state index in [1.54, 1.807) is 0 Å². The van der Waals surface area contributed by atoms with Crippen molar-refractivity contribution in [1.82, 2.24) is 5.32 Å². The summed E-state index contributed by atoms with van der Waals surface area (Å²) in [5.41, 5.74) is 0.110. The van der Waals surface area contributed by atoms with Gasteiger partial charge < -0.3 is 10.1 Å². The second-order valence-corrected chi connectivity index (χ2v) is 7.33. The van der Waals surface area contributed by atoms with Crippen molar-refractivity contribution in [3.63, 3.8) is 0 Å². The molecule has 1 saturated heterocycles. The maximum atomic E-state index is 6.14. The van der Waals surface area contributed by atoms with E-state index in [-0.39, 0.29) is 5.60 Å². The topological polar surface area (TPSA) is 21.3 Å². The molecule has 2 unspecified atom stereocenters. The fourth-order valence-corrected chi connectivity index (χ4v) is 2.95. The van der Waals surface area contributed by atoms with E-state index in [2.05, 4.69) is 46.9 Å². The van der Waals surface area contributed by atoms with Gasteiger partial charge in [-0.2, -0.15) is 0 Å². The normalized spacial score (nSPS) is 25.0. The molecule has 1 heterocycles.